The molecule has 2 aliphatic rings. The van der Waals surface area contributed by atoms with Crippen molar-refractivity contribution in [3.8, 4) is 11.5 Å². The van der Waals surface area contributed by atoms with Gasteiger partial charge in [0.2, 0.25) is 0 Å². The summed E-state index contributed by atoms with van der Waals surface area (Å²) in [6, 6.07) is 3.99. The lowest BCUT2D eigenvalue weighted by molar-refractivity contribution is 0.0763. The summed E-state index contributed by atoms with van der Waals surface area (Å²) in [4.78, 5) is 14.7. The molecule has 0 unspecified atom stereocenters. The predicted molar refractivity (Wildman–Crippen MR) is 86.5 cm³/mol. The van der Waals surface area contributed by atoms with Crippen molar-refractivity contribution in [3.05, 3.63) is 29.3 Å². The first-order valence-electron chi connectivity index (χ1n) is 8.08. The van der Waals surface area contributed by atoms with E-state index >= 15 is 0 Å². The van der Waals surface area contributed by atoms with Gasteiger partial charge in [-0.3, -0.25) is 4.79 Å². The number of ether oxygens (including phenoxy) is 2. The summed E-state index contributed by atoms with van der Waals surface area (Å²) >= 11 is 0. The second kappa shape index (κ2) is 6.42. The van der Waals surface area contributed by atoms with Crippen LogP contribution < -0.4 is 9.47 Å². The van der Waals surface area contributed by atoms with E-state index in [1.54, 1.807) is 7.11 Å². The van der Waals surface area contributed by atoms with E-state index in [9.17, 15) is 4.79 Å². The highest BCUT2D eigenvalue weighted by Gasteiger charge is 2.31. The molecule has 2 heterocycles. The van der Waals surface area contributed by atoms with Crippen molar-refractivity contribution in [2.24, 2.45) is 0 Å². The highest BCUT2D eigenvalue weighted by molar-refractivity contribution is 6.00. The van der Waals surface area contributed by atoms with E-state index in [0.29, 0.717) is 23.7 Å². The van der Waals surface area contributed by atoms with Crippen LogP contribution in [0.15, 0.2) is 18.2 Å². The number of amides is 1. The molecule has 1 fully saturated rings. The summed E-state index contributed by atoms with van der Waals surface area (Å²) in [7, 11) is 1.62. The van der Waals surface area contributed by atoms with Crippen molar-refractivity contribution >= 4 is 12.0 Å². The van der Waals surface area contributed by atoms with Crippen molar-refractivity contribution in [2.45, 2.75) is 38.6 Å². The van der Waals surface area contributed by atoms with Gasteiger partial charge in [-0.05, 0) is 37.0 Å². The highest BCUT2D eigenvalue weighted by Crippen LogP contribution is 2.35. The number of hydrogen-bond acceptors (Lipinski definition) is 3. The zero-order valence-electron chi connectivity index (χ0n) is 13.3. The minimum Gasteiger partial charge on any atom is -0.493 e. The van der Waals surface area contributed by atoms with Crippen LogP contribution in [-0.4, -0.2) is 37.1 Å². The third-order valence-electron chi connectivity index (χ3n) is 4.38. The van der Waals surface area contributed by atoms with Crippen LogP contribution in [0.1, 0.15) is 48.5 Å². The Kier molecular flexibility index (Phi) is 4.36. The van der Waals surface area contributed by atoms with Crippen LogP contribution in [0.25, 0.3) is 6.08 Å². The Hall–Kier alpha value is -1.97. The quantitative estimate of drug-likeness (QED) is 0.781. The molecule has 1 aromatic carbocycles. The summed E-state index contributed by atoms with van der Waals surface area (Å²) in [6.07, 6.45) is 8.40. The maximum absolute atomic E-state index is 12.7. The van der Waals surface area contributed by atoms with Gasteiger partial charge in [-0.2, -0.15) is 0 Å². The molecule has 0 aliphatic carbocycles. The first-order valence-corrected chi connectivity index (χ1v) is 8.08. The number of unbranched alkanes of at least 4 members (excludes halogenated alkanes) is 1. The zero-order chi connectivity index (χ0) is 15.5. The largest absolute Gasteiger partial charge is 0.493 e. The molecule has 4 heteroatoms. The Bertz CT molecular complexity index is 594. The molecule has 1 aromatic rings. The third-order valence-corrected chi connectivity index (χ3v) is 4.38. The number of fused-ring (bicyclic) bond motifs is 2. The van der Waals surface area contributed by atoms with Crippen molar-refractivity contribution < 1.29 is 14.3 Å². The van der Waals surface area contributed by atoms with E-state index < -0.39 is 0 Å². The SMILES string of the molecule is CCCCOc1cc2c(cc1OC)C(=O)N1CCC[C@H]1C=C2. The average molecular weight is 301 g/mol. The number of carbonyl (C=O) groups excluding carboxylic acids is 1. The van der Waals surface area contributed by atoms with E-state index in [2.05, 4.69) is 19.1 Å². The van der Waals surface area contributed by atoms with Gasteiger partial charge >= 0.3 is 0 Å². The molecule has 2 aliphatic heterocycles. The topological polar surface area (TPSA) is 38.8 Å². The molecule has 118 valence electrons. The standard InChI is InChI=1S/C18H23NO3/c1-3-4-10-22-17-11-13-7-8-14-6-5-9-19(14)18(20)15(13)12-16(17)21-2/h7-8,11-12,14H,3-6,9-10H2,1-2H3/t14-/m0/s1. The van der Waals surface area contributed by atoms with Gasteiger partial charge in [0, 0.05) is 6.54 Å². The normalized spacial score (nSPS) is 19.6. The molecule has 1 atom stereocenters. The summed E-state index contributed by atoms with van der Waals surface area (Å²) in [5.74, 6) is 1.45. The molecule has 0 aromatic heterocycles. The second-order valence-electron chi connectivity index (χ2n) is 5.86. The maximum atomic E-state index is 12.7. The number of rotatable bonds is 5. The second-order valence-corrected chi connectivity index (χ2v) is 5.86. The summed E-state index contributed by atoms with van der Waals surface area (Å²) in [5.41, 5.74) is 1.63. The Morgan fingerprint density at radius 3 is 2.95 bits per heavy atom. The molecule has 3 rings (SSSR count). The molecule has 4 nitrogen and oxygen atoms in total. The van der Waals surface area contributed by atoms with E-state index in [0.717, 1.165) is 37.8 Å². The van der Waals surface area contributed by atoms with Gasteiger partial charge in [0.15, 0.2) is 11.5 Å². The van der Waals surface area contributed by atoms with Crippen molar-refractivity contribution in [2.75, 3.05) is 20.3 Å². The monoisotopic (exact) mass is 301 g/mol. The van der Waals surface area contributed by atoms with E-state index in [4.69, 9.17) is 9.47 Å². The Morgan fingerprint density at radius 1 is 1.32 bits per heavy atom. The smallest absolute Gasteiger partial charge is 0.255 e. The van der Waals surface area contributed by atoms with Crippen LogP contribution in [0.5, 0.6) is 11.5 Å². The number of hydrogen-bond donors (Lipinski definition) is 0. The van der Waals surface area contributed by atoms with Crippen LogP contribution in [-0.2, 0) is 0 Å². The molecule has 0 spiro atoms. The number of methoxy groups -OCH3 is 1. The van der Waals surface area contributed by atoms with Gasteiger partial charge in [0.25, 0.3) is 5.91 Å². The van der Waals surface area contributed by atoms with E-state index in [1.165, 1.54) is 0 Å². The fourth-order valence-corrected chi connectivity index (χ4v) is 3.11. The molecule has 1 amide bonds. The molecular weight excluding hydrogens is 278 g/mol. The molecule has 0 N–H and O–H groups in total. The van der Waals surface area contributed by atoms with Gasteiger partial charge in [-0.25, -0.2) is 0 Å². The predicted octanol–water partition coefficient (Wildman–Crippen LogP) is 3.51. The van der Waals surface area contributed by atoms with Crippen LogP contribution in [0.3, 0.4) is 0 Å². The number of carbonyl (C=O) groups is 1. The highest BCUT2D eigenvalue weighted by atomic mass is 16.5. The molecule has 0 bridgehead atoms. The lowest BCUT2D eigenvalue weighted by Gasteiger charge is -2.21. The first kappa shape index (κ1) is 14.9. The van der Waals surface area contributed by atoms with E-state index in [-0.39, 0.29) is 11.9 Å². The zero-order valence-corrected chi connectivity index (χ0v) is 13.3. The molecular formula is C18H23NO3. The molecule has 22 heavy (non-hydrogen) atoms. The lowest BCUT2D eigenvalue weighted by Crippen LogP contribution is -2.33. The van der Waals surface area contributed by atoms with Gasteiger partial charge in [-0.15, -0.1) is 0 Å². The van der Waals surface area contributed by atoms with Crippen molar-refractivity contribution in [3.63, 3.8) is 0 Å². The average Bonchev–Trinajstić information content (AvgIpc) is 2.96. The van der Waals surface area contributed by atoms with Crippen molar-refractivity contribution in [1.29, 1.82) is 0 Å². The Labute approximate surface area is 131 Å². The Balaban J connectivity index is 1.95. The summed E-state index contributed by atoms with van der Waals surface area (Å²) in [6.45, 7) is 3.63. The van der Waals surface area contributed by atoms with E-state index in [1.807, 2.05) is 17.0 Å². The fraction of sp³-hybridized carbons (Fsp3) is 0.500. The number of nitrogens with zero attached hydrogens (tertiary/aromatic N) is 1. The fourth-order valence-electron chi connectivity index (χ4n) is 3.11. The number of benzene rings is 1. The van der Waals surface area contributed by atoms with Gasteiger partial charge < -0.3 is 14.4 Å². The first-order chi connectivity index (χ1) is 10.7. The minimum absolute atomic E-state index is 0.0981. The van der Waals surface area contributed by atoms with Crippen LogP contribution in [0.4, 0.5) is 0 Å². The molecule has 0 saturated carbocycles. The van der Waals surface area contributed by atoms with Crippen LogP contribution >= 0.6 is 0 Å². The molecule has 0 radical (unpaired) electrons. The van der Waals surface area contributed by atoms with Gasteiger partial charge in [0.1, 0.15) is 0 Å². The minimum atomic E-state index is 0.0981. The maximum Gasteiger partial charge on any atom is 0.255 e. The van der Waals surface area contributed by atoms with Crippen LogP contribution in [0.2, 0.25) is 0 Å². The third kappa shape index (κ3) is 2.70. The van der Waals surface area contributed by atoms with Gasteiger partial charge in [0.05, 0.1) is 25.3 Å². The summed E-state index contributed by atoms with van der Waals surface area (Å²) in [5, 5.41) is 0. The molecule has 1 saturated heterocycles. The summed E-state index contributed by atoms with van der Waals surface area (Å²) < 4.78 is 11.2. The lowest BCUT2D eigenvalue weighted by atomic mass is 10.1. The Morgan fingerprint density at radius 2 is 2.18 bits per heavy atom. The van der Waals surface area contributed by atoms with Crippen LogP contribution in [0, 0.1) is 0 Å². The van der Waals surface area contributed by atoms with Gasteiger partial charge in [-0.1, -0.05) is 25.5 Å². The van der Waals surface area contributed by atoms with Crippen molar-refractivity contribution in [1.82, 2.24) is 4.90 Å².